The lowest BCUT2D eigenvalue weighted by Gasteiger charge is -2.35. The molecule has 1 atom stereocenters. The van der Waals surface area contributed by atoms with Crippen molar-refractivity contribution in [3.63, 3.8) is 0 Å². The first-order valence-corrected chi connectivity index (χ1v) is 14.5. The van der Waals surface area contributed by atoms with Gasteiger partial charge >= 0.3 is 0 Å². The highest BCUT2D eigenvalue weighted by molar-refractivity contribution is 6.36. The van der Waals surface area contributed by atoms with Gasteiger partial charge in [0.2, 0.25) is 0 Å². The summed E-state index contributed by atoms with van der Waals surface area (Å²) in [6, 6.07) is 15.6. The first-order chi connectivity index (χ1) is 19.0. The molecule has 9 heteroatoms. The van der Waals surface area contributed by atoms with Gasteiger partial charge in [0.1, 0.15) is 0 Å². The fraction of sp³-hybridized carbons (Fsp3) is 0.400. The predicted molar refractivity (Wildman–Crippen MR) is 156 cm³/mol. The quantitative estimate of drug-likeness (QED) is 0.397. The topological polar surface area (TPSA) is 63.2 Å². The Morgan fingerprint density at radius 3 is 2.41 bits per heavy atom. The molecule has 0 bridgehead atoms. The van der Waals surface area contributed by atoms with Gasteiger partial charge in [-0.05, 0) is 74.7 Å². The fourth-order valence-corrected chi connectivity index (χ4v) is 6.56. The van der Waals surface area contributed by atoms with Gasteiger partial charge in [-0.25, -0.2) is 10.0 Å². The van der Waals surface area contributed by atoms with Crippen molar-refractivity contribution in [1.82, 2.24) is 14.8 Å². The van der Waals surface area contributed by atoms with Crippen LogP contribution in [0.2, 0.25) is 10.0 Å². The van der Waals surface area contributed by atoms with E-state index in [0.717, 1.165) is 67.0 Å². The van der Waals surface area contributed by atoms with Crippen LogP contribution in [0.4, 0.5) is 11.5 Å². The first-order valence-electron chi connectivity index (χ1n) is 13.8. The van der Waals surface area contributed by atoms with Crippen LogP contribution >= 0.6 is 23.2 Å². The lowest BCUT2D eigenvalue weighted by atomic mass is 10.0. The standard InChI is InChI=1S/C30H33Cl2N5O2/c31-26-6-3-7-27(32)25(26)20-35-15-16-37(39)29-28(35)17-23(18-33-29)21-8-10-22(11-9-21)30(38)36-14-4-5-24(36)19-34-12-1-2-13-34/h3,6-11,17-18,24,39H,1-2,4-5,12-16,19-20H2. The molecule has 1 aromatic heterocycles. The number of carbonyl (C=O) groups excluding carboxylic acids is 1. The van der Waals surface area contributed by atoms with Crippen molar-refractivity contribution in [2.24, 2.45) is 0 Å². The van der Waals surface area contributed by atoms with Gasteiger partial charge in [-0.1, -0.05) is 41.4 Å². The maximum absolute atomic E-state index is 13.4. The Hall–Kier alpha value is -2.84. The molecule has 0 aliphatic carbocycles. The Balaban J connectivity index is 1.21. The summed E-state index contributed by atoms with van der Waals surface area (Å²) in [7, 11) is 0. The molecule has 0 saturated carbocycles. The maximum Gasteiger partial charge on any atom is 0.254 e. The van der Waals surface area contributed by atoms with Crippen molar-refractivity contribution in [2.45, 2.75) is 38.3 Å². The van der Waals surface area contributed by atoms with E-state index in [0.29, 0.717) is 41.5 Å². The van der Waals surface area contributed by atoms with Crippen molar-refractivity contribution in [2.75, 3.05) is 49.2 Å². The second kappa shape index (κ2) is 11.3. The number of halogens is 2. The number of anilines is 2. The van der Waals surface area contributed by atoms with Gasteiger partial charge in [0, 0.05) is 65.2 Å². The SMILES string of the molecule is O=C(c1ccc(-c2cnc3c(c2)N(Cc2c(Cl)cccc2Cl)CCN3O)cc1)N1CCCC1CN1CCCC1. The van der Waals surface area contributed by atoms with Gasteiger partial charge < -0.3 is 14.7 Å². The predicted octanol–water partition coefficient (Wildman–Crippen LogP) is 5.97. The van der Waals surface area contributed by atoms with Crippen LogP contribution in [0.25, 0.3) is 11.1 Å². The number of benzene rings is 2. The highest BCUT2D eigenvalue weighted by atomic mass is 35.5. The second-order valence-electron chi connectivity index (χ2n) is 10.7. The van der Waals surface area contributed by atoms with Crippen LogP contribution < -0.4 is 9.96 Å². The van der Waals surface area contributed by atoms with E-state index in [9.17, 15) is 10.0 Å². The molecular weight excluding hydrogens is 533 g/mol. The van der Waals surface area contributed by atoms with Crippen molar-refractivity contribution < 1.29 is 10.0 Å². The summed E-state index contributed by atoms with van der Waals surface area (Å²) in [6.45, 7) is 5.65. The van der Waals surface area contributed by atoms with Gasteiger partial charge in [0.25, 0.3) is 5.91 Å². The summed E-state index contributed by atoms with van der Waals surface area (Å²) in [5, 5.41) is 12.9. The lowest BCUT2D eigenvalue weighted by Crippen LogP contribution is -2.42. The number of aromatic nitrogens is 1. The third-order valence-electron chi connectivity index (χ3n) is 8.20. The second-order valence-corrected chi connectivity index (χ2v) is 11.5. The normalized spacial score (nSPS) is 19.6. The van der Waals surface area contributed by atoms with Crippen molar-refractivity contribution in [3.8, 4) is 11.1 Å². The molecule has 1 unspecified atom stereocenters. The summed E-state index contributed by atoms with van der Waals surface area (Å²) in [5.41, 5.74) is 4.24. The number of fused-ring (bicyclic) bond motifs is 1. The highest BCUT2D eigenvalue weighted by Crippen LogP contribution is 2.37. The molecule has 3 aliphatic heterocycles. The number of likely N-dealkylation sites (tertiary alicyclic amines) is 2. The molecule has 204 valence electrons. The third-order valence-corrected chi connectivity index (χ3v) is 8.90. The molecule has 2 aromatic carbocycles. The van der Waals surface area contributed by atoms with Crippen molar-refractivity contribution in [1.29, 1.82) is 0 Å². The molecule has 7 nitrogen and oxygen atoms in total. The highest BCUT2D eigenvalue weighted by Gasteiger charge is 2.31. The van der Waals surface area contributed by atoms with Crippen LogP contribution in [-0.2, 0) is 6.54 Å². The van der Waals surface area contributed by atoms with E-state index in [2.05, 4.69) is 19.7 Å². The summed E-state index contributed by atoms with van der Waals surface area (Å²) >= 11 is 12.9. The Morgan fingerprint density at radius 2 is 1.67 bits per heavy atom. The van der Waals surface area contributed by atoms with Crippen LogP contribution in [-0.4, -0.2) is 71.2 Å². The number of carbonyl (C=O) groups is 1. The average molecular weight is 567 g/mol. The van der Waals surface area contributed by atoms with E-state index in [4.69, 9.17) is 23.2 Å². The molecule has 0 radical (unpaired) electrons. The van der Waals surface area contributed by atoms with Gasteiger partial charge in [-0.2, -0.15) is 0 Å². The molecule has 2 fully saturated rings. The van der Waals surface area contributed by atoms with Gasteiger partial charge in [0.15, 0.2) is 5.82 Å². The molecule has 3 aliphatic rings. The maximum atomic E-state index is 13.4. The molecule has 6 rings (SSSR count). The zero-order valence-corrected chi connectivity index (χ0v) is 23.4. The summed E-state index contributed by atoms with van der Waals surface area (Å²) in [5.74, 6) is 0.614. The van der Waals surface area contributed by atoms with E-state index < -0.39 is 0 Å². The molecule has 3 aromatic rings. The van der Waals surface area contributed by atoms with E-state index >= 15 is 0 Å². The van der Waals surface area contributed by atoms with Gasteiger partial charge in [-0.15, -0.1) is 0 Å². The summed E-state index contributed by atoms with van der Waals surface area (Å²) < 4.78 is 0. The van der Waals surface area contributed by atoms with Crippen molar-refractivity contribution in [3.05, 3.63) is 75.9 Å². The van der Waals surface area contributed by atoms with E-state index in [1.54, 1.807) is 6.20 Å². The minimum Gasteiger partial charge on any atom is -0.362 e. The smallest absolute Gasteiger partial charge is 0.254 e. The zero-order valence-electron chi connectivity index (χ0n) is 21.9. The number of rotatable bonds is 6. The molecular formula is C30H33Cl2N5O2. The zero-order chi connectivity index (χ0) is 26.9. The van der Waals surface area contributed by atoms with Gasteiger partial charge in [0.05, 0.1) is 12.2 Å². The number of hydrogen-bond donors (Lipinski definition) is 1. The Labute approximate surface area is 239 Å². The number of hydroxylamine groups is 1. The van der Waals surface area contributed by atoms with Crippen LogP contribution in [0.1, 0.15) is 41.6 Å². The minimum atomic E-state index is 0.116. The van der Waals surface area contributed by atoms with Crippen LogP contribution in [0.3, 0.4) is 0 Å². The third kappa shape index (κ3) is 5.46. The first kappa shape index (κ1) is 26.4. The Bertz CT molecular complexity index is 1330. The van der Waals surface area contributed by atoms with E-state index in [1.807, 2.05) is 48.5 Å². The molecule has 0 spiro atoms. The van der Waals surface area contributed by atoms with Crippen LogP contribution in [0.5, 0.6) is 0 Å². The number of amides is 1. The Morgan fingerprint density at radius 1 is 0.923 bits per heavy atom. The van der Waals surface area contributed by atoms with Crippen molar-refractivity contribution >= 4 is 40.6 Å². The molecule has 39 heavy (non-hydrogen) atoms. The lowest BCUT2D eigenvalue weighted by molar-refractivity contribution is 0.0709. The average Bonchev–Trinajstić information content (AvgIpc) is 3.64. The Kier molecular flexibility index (Phi) is 7.67. The molecule has 1 N–H and O–H groups in total. The van der Waals surface area contributed by atoms with E-state index in [-0.39, 0.29) is 5.91 Å². The summed E-state index contributed by atoms with van der Waals surface area (Å²) in [4.78, 5) is 24.7. The number of nitrogens with zero attached hydrogens (tertiary/aromatic N) is 5. The van der Waals surface area contributed by atoms with Gasteiger partial charge in [-0.3, -0.25) is 10.0 Å². The summed E-state index contributed by atoms with van der Waals surface area (Å²) in [6.07, 6.45) is 6.44. The fourth-order valence-electron chi connectivity index (χ4n) is 6.04. The largest absolute Gasteiger partial charge is 0.362 e. The van der Waals surface area contributed by atoms with E-state index in [1.165, 1.54) is 17.9 Å². The molecule has 4 heterocycles. The number of hydrogen-bond acceptors (Lipinski definition) is 6. The van der Waals surface area contributed by atoms with Crippen LogP contribution in [0, 0.1) is 0 Å². The van der Waals surface area contributed by atoms with Crippen LogP contribution in [0.15, 0.2) is 54.7 Å². The molecule has 1 amide bonds. The molecule has 2 saturated heterocycles. The monoisotopic (exact) mass is 565 g/mol. The number of pyridine rings is 1. The minimum absolute atomic E-state index is 0.116.